The zero-order valence-corrected chi connectivity index (χ0v) is 11.9. The van der Waals surface area contributed by atoms with Gasteiger partial charge in [-0.05, 0) is 37.5 Å². The molecule has 0 spiro atoms. The van der Waals surface area contributed by atoms with Crippen molar-refractivity contribution in [1.82, 2.24) is 4.72 Å². The lowest BCUT2D eigenvalue weighted by atomic mass is 9.96. The van der Waals surface area contributed by atoms with Crippen molar-refractivity contribution in [1.29, 1.82) is 0 Å². The molecule has 20 heavy (non-hydrogen) atoms. The molecule has 1 saturated carbocycles. The standard InChI is InChI=1S/C13H17NO5S/c1-9(8-15)14-20(18,19)11-4-2-10(3-5-11)13(6-7-13)12(16)17/h2-5,9,14-15H,6-8H2,1H3,(H,16,17)/t9-/m0/s1. The number of hydrogen-bond donors (Lipinski definition) is 3. The summed E-state index contributed by atoms with van der Waals surface area (Å²) in [5, 5.41) is 18.1. The van der Waals surface area contributed by atoms with Crippen LogP contribution in [0.25, 0.3) is 0 Å². The number of carbonyl (C=O) groups is 1. The molecule has 3 N–H and O–H groups in total. The molecule has 0 aromatic heterocycles. The van der Waals surface area contributed by atoms with E-state index in [0.29, 0.717) is 18.4 Å². The molecule has 1 atom stereocenters. The van der Waals surface area contributed by atoms with E-state index in [-0.39, 0.29) is 11.5 Å². The van der Waals surface area contributed by atoms with Crippen molar-refractivity contribution >= 4 is 16.0 Å². The van der Waals surface area contributed by atoms with E-state index in [1.54, 1.807) is 19.1 Å². The molecule has 1 aromatic carbocycles. The summed E-state index contributed by atoms with van der Waals surface area (Å²) in [6.45, 7) is 1.26. The maximum absolute atomic E-state index is 12.0. The Kier molecular flexibility index (Phi) is 3.86. The molecule has 0 unspecified atom stereocenters. The van der Waals surface area contributed by atoms with Crippen LogP contribution in [0.4, 0.5) is 0 Å². The largest absolute Gasteiger partial charge is 0.481 e. The van der Waals surface area contributed by atoms with Crippen LogP contribution in [0.15, 0.2) is 29.2 Å². The monoisotopic (exact) mass is 299 g/mol. The number of hydrogen-bond acceptors (Lipinski definition) is 4. The summed E-state index contributed by atoms with van der Waals surface area (Å²) < 4.78 is 26.3. The SMILES string of the molecule is C[C@@H](CO)NS(=O)(=O)c1ccc(C2(C(=O)O)CC2)cc1. The van der Waals surface area contributed by atoms with E-state index in [4.69, 9.17) is 5.11 Å². The number of carboxylic acids is 1. The summed E-state index contributed by atoms with van der Waals surface area (Å²) in [7, 11) is -3.69. The van der Waals surface area contributed by atoms with Crippen molar-refractivity contribution in [2.75, 3.05) is 6.61 Å². The Labute approximate surface area is 117 Å². The van der Waals surface area contributed by atoms with Gasteiger partial charge in [0.1, 0.15) is 0 Å². The Morgan fingerprint density at radius 2 is 1.90 bits per heavy atom. The maximum Gasteiger partial charge on any atom is 0.314 e. The van der Waals surface area contributed by atoms with Crippen LogP contribution in [0.2, 0.25) is 0 Å². The van der Waals surface area contributed by atoms with Gasteiger partial charge >= 0.3 is 5.97 Å². The first kappa shape index (κ1) is 15.0. The van der Waals surface area contributed by atoms with Crippen LogP contribution in [0.5, 0.6) is 0 Å². The third-order valence-electron chi connectivity index (χ3n) is 3.51. The number of aliphatic hydroxyl groups excluding tert-OH is 1. The highest BCUT2D eigenvalue weighted by molar-refractivity contribution is 7.89. The summed E-state index contributed by atoms with van der Waals surface area (Å²) in [6, 6.07) is 5.29. The van der Waals surface area contributed by atoms with Gasteiger partial charge in [-0.15, -0.1) is 0 Å². The Hall–Kier alpha value is -1.44. The zero-order chi connectivity index (χ0) is 15.0. The zero-order valence-electron chi connectivity index (χ0n) is 11.0. The van der Waals surface area contributed by atoms with E-state index < -0.39 is 27.4 Å². The number of nitrogens with one attached hydrogen (secondary N) is 1. The molecule has 1 aliphatic rings. The number of sulfonamides is 1. The van der Waals surface area contributed by atoms with E-state index in [1.165, 1.54) is 12.1 Å². The van der Waals surface area contributed by atoms with Gasteiger partial charge in [0.2, 0.25) is 10.0 Å². The van der Waals surface area contributed by atoms with E-state index in [0.717, 1.165) is 0 Å². The topological polar surface area (TPSA) is 104 Å². The molecule has 1 fully saturated rings. The summed E-state index contributed by atoms with van der Waals surface area (Å²) in [5.74, 6) is -0.875. The highest BCUT2D eigenvalue weighted by Crippen LogP contribution is 2.48. The lowest BCUT2D eigenvalue weighted by Crippen LogP contribution is -2.35. The third kappa shape index (κ3) is 2.70. The lowest BCUT2D eigenvalue weighted by molar-refractivity contribution is -0.140. The van der Waals surface area contributed by atoms with Crippen molar-refractivity contribution in [3.05, 3.63) is 29.8 Å². The van der Waals surface area contributed by atoms with E-state index in [9.17, 15) is 18.3 Å². The van der Waals surface area contributed by atoms with Crippen LogP contribution >= 0.6 is 0 Å². The minimum atomic E-state index is -3.69. The molecule has 0 saturated heterocycles. The number of rotatable bonds is 6. The molecule has 1 aromatic rings. The van der Waals surface area contributed by atoms with Gasteiger partial charge in [-0.2, -0.15) is 0 Å². The molecule has 0 heterocycles. The average Bonchev–Trinajstić information content (AvgIpc) is 3.20. The molecule has 0 radical (unpaired) electrons. The van der Waals surface area contributed by atoms with Gasteiger partial charge in [-0.1, -0.05) is 12.1 Å². The molecule has 2 rings (SSSR count). The molecular formula is C13H17NO5S. The van der Waals surface area contributed by atoms with Crippen LogP contribution in [0.3, 0.4) is 0 Å². The minimum Gasteiger partial charge on any atom is -0.481 e. The molecule has 0 amide bonds. The summed E-state index contributed by atoms with van der Waals surface area (Å²) in [6.07, 6.45) is 1.16. The summed E-state index contributed by atoms with van der Waals surface area (Å²) >= 11 is 0. The molecule has 0 bridgehead atoms. The van der Waals surface area contributed by atoms with Gasteiger partial charge < -0.3 is 10.2 Å². The Morgan fingerprint density at radius 3 is 2.30 bits per heavy atom. The van der Waals surface area contributed by atoms with Crippen LogP contribution in [0.1, 0.15) is 25.3 Å². The number of carboxylic acid groups (broad SMARTS) is 1. The quantitative estimate of drug-likeness (QED) is 0.708. The predicted molar refractivity (Wildman–Crippen MR) is 71.9 cm³/mol. The first-order valence-electron chi connectivity index (χ1n) is 6.29. The van der Waals surface area contributed by atoms with Gasteiger partial charge in [0.05, 0.1) is 16.9 Å². The Morgan fingerprint density at radius 1 is 1.35 bits per heavy atom. The van der Waals surface area contributed by atoms with Crippen LogP contribution in [0, 0.1) is 0 Å². The fraction of sp³-hybridized carbons (Fsp3) is 0.462. The van der Waals surface area contributed by atoms with Crippen molar-refractivity contribution in [2.45, 2.75) is 36.1 Å². The van der Waals surface area contributed by atoms with Crippen molar-refractivity contribution < 1.29 is 23.4 Å². The number of aliphatic carboxylic acids is 1. The minimum absolute atomic E-state index is 0.0581. The Bertz CT molecular complexity index is 604. The number of aliphatic hydroxyl groups is 1. The van der Waals surface area contributed by atoms with Gasteiger partial charge in [0.15, 0.2) is 0 Å². The predicted octanol–water partition coefficient (Wildman–Crippen LogP) is 0.462. The van der Waals surface area contributed by atoms with Gasteiger partial charge in [-0.3, -0.25) is 4.79 Å². The molecular weight excluding hydrogens is 282 g/mol. The summed E-state index contributed by atoms with van der Waals surface area (Å²) in [4.78, 5) is 11.2. The fourth-order valence-corrected chi connectivity index (χ4v) is 3.31. The maximum atomic E-state index is 12.0. The molecule has 1 aliphatic carbocycles. The average molecular weight is 299 g/mol. The number of benzene rings is 1. The van der Waals surface area contributed by atoms with Crippen LogP contribution in [-0.2, 0) is 20.2 Å². The van der Waals surface area contributed by atoms with Gasteiger partial charge in [0.25, 0.3) is 0 Å². The third-order valence-corrected chi connectivity index (χ3v) is 5.11. The second-order valence-corrected chi connectivity index (χ2v) is 6.83. The van der Waals surface area contributed by atoms with E-state index in [2.05, 4.69) is 4.72 Å². The molecule has 110 valence electrons. The smallest absolute Gasteiger partial charge is 0.314 e. The Balaban J connectivity index is 2.23. The first-order valence-corrected chi connectivity index (χ1v) is 7.77. The lowest BCUT2D eigenvalue weighted by Gasteiger charge is -2.13. The van der Waals surface area contributed by atoms with Crippen LogP contribution < -0.4 is 4.72 Å². The van der Waals surface area contributed by atoms with Crippen molar-refractivity contribution in [2.24, 2.45) is 0 Å². The van der Waals surface area contributed by atoms with E-state index >= 15 is 0 Å². The highest BCUT2D eigenvalue weighted by atomic mass is 32.2. The highest BCUT2D eigenvalue weighted by Gasteiger charge is 2.51. The first-order chi connectivity index (χ1) is 9.32. The second-order valence-electron chi connectivity index (χ2n) is 5.12. The molecule has 0 aliphatic heterocycles. The van der Waals surface area contributed by atoms with Crippen molar-refractivity contribution in [3.8, 4) is 0 Å². The summed E-state index contributed by atoms with van der Waals surface area (Å²) in [5.41, 5.74) is -0.215. The molecule has 7 heteroatoms. The van der Waals surface area contributed by atoms with Crippen molar-refractivity contribution in [3.63, 3.8) is 0 Å². The fourth-order valence-electron chi connectivity index (χ4n) is 2.07. The van der Waals surface area contributed by atoms with Gasteiger partial charge in [-0.25, -0.2) is 13.1 Å². The normalized spacial score (nSPS) is 18.5. The molecule has 6 nitrogen and oxygen atoms in total. The van der Waals surface area contributed by atoms with Gasteiger partial charge in [0, 0.05) is 6.04 Å². The van der Waals surface area contributed by atoms with E-state index in [1.807, 2.05) is 0 Å². The second kappa shape index (κ2) is 5.16. The van der Waals surface area contributed by atoms with Crippen LogP contribution in [-0.4, -0.2) is 37.2 Å².